The lowest BCUT2D eigenvalue weighted by molar-refractivity contribution is 0.124. The standard InChI is InChI=1S/C12H23N3O/c1-3-5-8-14-15-10-12(6-4-2)11-16-9-7-13/h12H,3-6,8-11H2,1-2H3. The molecule has 0 fully saturated rings. The van der Waals surface area contributed by atoms with Crippen LogP contribution in [0.2, 0.25) is 0 Å². The molecule has 1 unspecified atom stereocenters. The van der Waals surface area contributed by atoms with Gasteiger partial charge in [-0.15, -0.1) is 0 Å². The molecule has 4 nitrogen and oxygen atoms in total. The highest BCUT2D eigenvalue weighted by atomic mass is 16.5. The molecule has 0 aliphatic carbocycles. The lowest BCUT2D eigenvalue weighted by atomic mass is 10.1. The van der Waals surface area contributed by atoms with Crippen molar-refractivity contribution in [3.05, 3.63) is 0 Å². The van der Waals surface area contributed by atoms with Gasteiger partial charge >= 0.3 is 0 Å². The third-order valence-corrected chi connectivity index (χ3v) is 2.27. The molecule has 0 saturated carbocycles. The molecule has 0 saturated heterocycles. The highest BCUT2D eigenvalue weighted by molar-refractivity contribution is 4.68. The second-order valence-electron chi connectivity index (χ2n) is 3.87. The Balaban J connectivity index is 3.66. The van der Waals surface area contributed by atoms with Gasteiger partial charge in [0.15, 0.2) is 0 Å². The molecule has 0 spiro atoms. The fraction of sp³-hybridized carbons (Fsp3) is 0.917. The van der Waals surface area contributed by atoms with Gasteiger partial charge in [-0.25, -0.2) is 0 Å². The summed E-state index contributed by atoms with van der Waals surface area (Å²) in [5.41, 5.74) is 0. The Bertz CT molecular complexity index is 211. The van der Waals surface area contributed by atoms with Gasteiger partial charge in [0.25, 0.3) is 0 Å². The van der Waals surface area contributed by atoms with Crippen molar-refractivity contribution in [1.29, 1.82) is 5.26 Å². The van der Waals surface area contributed by atoms with Gasteiger partial charge in [-0.1, -0.05) is 26.7 Å². The first-order valence-corrected chi connectivity index (χ1v) is 6.13. The maximum Gasteiger partial charge on any atom is 0.133 e. The van der Waals surface area contributed by atoms with Crippen LogP contribution in [0.15, 0.2) is 10.2 Å². The van der Waals surface area contributed by atoms with E-state index in [2.05, 4.69) is 24.1 Å². The van der Waals surface area contributed by atoms with Crippen molar-refractivity contribution in [2.24, 2.45) is 16.1 Å². The first-order valence-electron chi connectivity index (χ1n) is 6.13. The highest BCUT2D eigenvalue weighted by Crippen LogP contribution is 2.08. The molecule has 0 heterocycles. The Morgan fingerprint density at radius 2 is 2.06 bits per heavy atom. The summed E-state index contributed by atoms with van der Waals surface area (Å²) in [7, 11) is 0. The minimum atomic E-state index is 0.174. The second-order valence-corrected chi connectivity index (χ2v) is 3.87. The van der Waals surface area contributed by atoms with Gasteiger partial charge in [0, 0.05) is 5.92 Å². The van der Waals surface area contributed by atoms with Crippen molar-refractivity contribution >= 4 is 0 Å². The van der Waals surface area contributed by atoms with Crippen molar-refractivity contribution in [2.45, 2.75) is 39.5 Å². The third-order valence-electron chi connectivity index (χ3n) is 2.27. The first kappa shape index (κ1) is 15.0. The number of rotatable bonds is 10. The molecule has 0 bridgehead atoms. The molecule has 0 aromatic carbocycles. The van der Waals surface area contributed by atoms with Crippen LogP contribution in [0.1, 0.15) is 39.5 Å². The Hall–Kier alpha value is -0.950. The van der Waals surface area contributed by atoms with Crippen LogP contribution >= 0.6 is 0 Å². The SMILES string of the molecule is CCCCN=NCC(CCC)COCC#N. The minimum absolute atomic E-state index is 0.174. The van der Waals surface area contributed by atoms with E-state index in [9.17, 15) is 0 Å². The minimum Gasteiger partial charge on any atom is -0.366 e. The molecule has 4 heteroatoms. The monoisotopic (exact) mass is 225 g/mol. The van der Waals surface area contributed by atoms with Crippen LogP contribution < -0.4 is 0 Å². The van der Waals surface area contributed by atoms with Gasteiger partial charge in [-0.2, -0.15) is 15.5 Å². The topological polar surface area (TPSA) is 57.7 Å². The van der Waals surface area contributed by atoms with E-state index in [0.29, 0.717) is 12.5 Å². The Labute approximate surface area is 98.7 Å². The average molecular weight is 225 g/mol. The Morgan fingerprint density at radius 3 is 2.69 bits per heavy atom. The van der Waals surface area contributed by atoms with Crippen molar-refractivity contribution in [3.63, 3.8) is 0 Å². The molecular weight excluding hydrogens is 202 g/mol. The summed E-state index contributed by atoms with van der Waals surface area (Å²) in [5.74, 6) is 0.406. The van der Waals surface area contributed by atoms with Gasteiger partial charge in [0.05, 0.1) is 25.8 Å². The lowest BCUT2D eigenvalue weighted by Gasteiger charge is -2.11. The molecule has 1 atom stereocenters. The quantitative estimate of drug-likeness (QED) is 0.423. The predicted molar refractivity (Wildman–Crippen MR) is 64.3 cm³/mol. The summed E-state index contributed by atoms with van der Waals surface area (Å²) in [4.78, 5) is 0. The van der Waals surface area contributed by atoms with E-state index < -0.39 is 0 Å². The first-order chi connectivity index (χ1) is 7.85. The van der Waals surface area contributed by atoms with E-state index in [1.165, 1.54) is 0 Å². The van der Waals surface area contributed by atoms with E-state index in [0.717, 1.165) is 38.8 Å². The van der Waals surface area contributed by atoms with Crippen LogP contribution in [0.5, 0.6) is 0 Å². The van der Waals surface area contributed by atoms with Crippen LogP contribution in [-0.2, 0) is 4.74 Å². The van der Waals surface area contributed by atoms with Crippen molar-refractivity contribution in [2.75, 3.05) is 26.3 Å². The van der Waals surface area contributed by atoms with E-state index >= 15 is 0 Å². The van der Waals surface area contributed by atoms with Gasteiger partial charge in [0.1, 0.15) is 6.61 Å². The molecule has 0 aromatic heterocycles. The smallest absolute Gasteiger partial charge is 0.133 e. The van der Waals surface area contributed by atoms with E-state index in [1.54, 1.807) is 0 Å². The molecule has 0 N–H and O–H groups in total. The fourth-order valence-corrected chi connectivity index (χ4v) is 1.38. The summed E-state index contributed by atoms with van der Waals surface area (Å²) in [6.07, 6.45) is 4.46. The number of nitriles is 1. The zero-order valence-corrected chi connectivity index (χ0v) is 10.5. The van der Waals surface area contributed by atoms with E-state index in [4.69, 9.17) is 10.00 Å². The molecule has 92 valence electrons. The van der Waals surface area contributed by atoms with Crippen molar-refractivity contribution in [1.82, 2.24) is 0 Å². The number of azo groups is 1. The maximum atomic E-state index is 8.37. The third kappa shape index (κ3) is 9.60. The molecule has 0 aliphatic heterocycles. The van der Waals surface area contributed by atoms with Crippen LogP contribution in [0.4, 0.5) is 0 Å². The molecule has 0 aliphatic rings. The van der Waals surface area contributed by atoms with E-state index in [1.807, 2.05) is 6.07 Å². The van der Waals surface area contributed by atoms with Gasteiger partial charge in [-0.05, 0) is 12.8 Å². The van der Waals surface area contributed by atoms with Gasteiger partial charge in [-0.3, -0.25) is 0 Å². The van der Waals surface area contributed by atoms with Crippen LogP contribution in [0.25, 0.3) is 0 Å². The van der Waals surface area contributed by atoms with Gasteiger partial charge in [0.2, 0.25) is 0 Å². The molecule has 0 amide bonds. The summed E-state index contributed by atoms with van der Waals surface area (Å²) < 4.78 is 5.21. The molecule has 0 rings (SSSR count). The number of hydrogen-bond donors (Lipinski definition) is 0. The predicted octanol–water partition coefficient (Wildman–Crippen LogP) is 3.20. The Kier molecular flexibility index (Phi) is 11.4. The average Bonchev–Trinajstić information content (AvgIpc) is 2.29. The molecule has 16 heavy (non-hydrogen) atoms. The summed E-state index contributed by atoms with van der Waals surface area (Å²) >= 11 is 0. The zero-order valence-electron chi connectivity index (χ0n) is 10.5. The van der Waals surface area contributed by atoms with Crippen LogP contribution in [0, 0.1) is 17.2 Å². The maximum absolute atomic E-state index is 8.37. The fourth-order valence-electron chi connectivity index (χ4n) is 1.38. The lowest BCUT2D eigenvalue weighted by Crippen LogP contribution is -2.13. The number of hydrogen-bond acceptors (Lipinski definition) is 4. The second kappa shape index (κ2) is 12.1. The van der Waals surface area contributed by atoms with Crippen molar-refractivity contribution < 1.29 is 4.74 Å². The highest BCUT2D eigenvalue weighted by Gasteiger charge is 2.06. The molecule has 0 radical (unpaired) electrons. The number of unbranched alkanes of at least 4 members (excludes halogenated alkanes) is 1. The van der Waals surface area contributed by atoms with Crippen LogP contribution in [0.3, 0.4) is 0 Å². The normalized spacial score (nSPS) is 12.8. The summed E-state index contributed by atoms with van der Waals surface area (Å²) in [6, 6.07) is 1.97. The van der Waals surface area contributed by atoms with E-state index in [-0.39, 0.29) is 6.61 Å². The Morgan fingerprint density at radius 1 is 1.25 bits per heavy atom. The summed E-state index contributed by atoms with van der Waals surface area (Å²) in [5, 5.41) is 16.6. The zero-order chi connectivity index (χ0) is 12.1. The van der Waals surface area contributed by atoms with Crippen molar-refractivity contribution in [3.8, 4) is 6.07 Å². The summed E-state index contributed by atoms with van der Waals surface area (Å²) in [6.45, 7) is 6.63. The number of nitrogens with zero attached hydrogens (tertiary/aromatic N) is 3. The van der Waals surface area contributed by atoms with Gasteiger partial charge < -0.3 is 4.74 Å². The molecule has 0 aromatic rings. The largest absolute Gasteiger partial charge is 0.366 e. The van der Waals surface area contributed by atoms with Crippen LogP contribution in [-0.4, -0.2) is 26.3 Å². The molecular formula is C12H23N3O. The number of ether oxygens (including phenoxy) is 1.